The van der Waals surface area contributed by atoms with E-state index in [1.165, 1.54) is 12.3 Å². The molecule has 1 amide bonds. The summed E-state index contributed by atoms with van der Waals surface area (Å²) in [5.74, 6) is -0.135. The molecular weight excluding hydrogens is 232 g/mol. The molecule has 0 aromatic carbocycles. The van der Waals surface area contributed by atoms with Crippen molar-refractivity contribution >= 4 is 17.8 Å². The van der Waals surface area contributed by atoms with Gasteiger partial charge in [0, 0.05) is 43.4 Å². The first-order valence-corrected chi connectivity index (χ1v) is 5.85. The maximum absolute atomic E-state index is 12.2. The van der Waals surface area contributed by atoms with Crippen LogP contribution in [0.3, 0.4) is 0 Å². The van der Waals surface area contributed by atoms with Crippen LogP contribution in [-0.2, 0) is 4.74 Å². The van der Waals surface area contributed by atoms with Gasteiger partial charge in [-0.15, -0.1) is 0 Å². The summed E-state index contributed by atoms with van der Waals surface area (Å²) in [7, 11) is 0. The summed E-state index contributed by atoms with van der Waals surface area (Å²) < 4.78 is 5.30. The first-order chi connectivity index (χ1) is 8.72. The Kier molecular flexibility index (Phi) is 3.88. The number of aromatic nitrogens is 1. The molecule has 0 bridgehead atoms. The van der Waals surface area contributed by atoms with E-state index in [0.29, 0.717) is 43.2 Å². The Balaban J connectivity index is 2.17. The Hall–Kier alpha value is -1.95. The SMILES string of the molecule is N=Cc1cnc(C(=O)N2CCCOCC2)cc1N. The van der Waals surface area contributed by atoms with Crippen molar-refractivity contribution in [1.29, 1.82) is 5.41 Å². The lowest BCUT2D eigenvalue weighted by molar-refractivity contribution is 0.0735. The van der Waals surface area contributed by atoms with E-state index < -0.39 is 0 Å². The highest BCUT2D eigenvalue weighted by molar-refractivity contribution is 5.95. The van der Waals surface area contributed by atoms with Gasteiger partial charge in [0.05, 0.1) is 6.61 Å². The molecular formula is C12H16N4O2. The van der Waals surface area contributed by atoms with Crippen molar-refractivity contribution in [3.8, 4) is 0 Å². The number of ether oxygens (including phenoxy) is 1. The van der Waals surface area contributed by atoms with E-state index in [1.807, 2.05) is 0 Å². The summed E-state index contributed by atoms with van der Waals surface area (Å²) in [5, 5.41) is 7.13. The lowest BCUT2D eigenvalue weighted by Crippen LogP contribution is -2.33. The van der Waals surface area contributed by atoms with Crippen molar-refractivity contribution in [3.05, 3.63) is 23.5 Å². The molecule has 2 heterocycles. The number of hydrogen-bond acceptors (Lipinski definition) is 5. The number of amides is 1. The highest BCUT2D eigenvalue weighted by Gasteiger charge is 2.19. The van der Waals surface area contributed by atoms with Crippen molar-refractivity contribution in [1.82, 2.24) is 9.88 Å². The predicted octanol–water partition coefficient (Wildman–Crippen LogP) is 0.524. The van der Waals surface area contributed by atoms with Crippen molar-refractivity contribution in [3.63, 3.8) is 0 Å². The summed E-state index contributed by atoms with van der Waals surface area (Å²) in [4.78, 5) is 18.0. The zero-order valence-corrected chi connectivity index (χ0v) is 10.1. The van der Waals surface area contributed by atoms with Crippen LogP contribution >= 0.6 is 0 Å². The van der Waals surface area contributed by atoms with E-state index in [0.717, 1.165) is 12.6 Å². The Labute approximate surface area is 105 Å². The normalized spacial score (nSPS) is 16.1. The fraction of sp³-hybridized carbons (Fsp3) is 0.417. The topological polar surface area (TPSA) is 92.3 Å². The molecule has 2 rings (SSSR count). The molecule has 0 spiro atoms. The lowest BCUT2D eigenvalue weighted by Gasteiger charge is -2.19. The maximum atomic E-state index is 12.2. The van der Waals surface area contributed by atoms with Gasteiger partial charge in [0.25, 0.3) is 5.91 Å². The number of carbonyl (C=O) groups excluding carboxylic acids is 1. The number of nitrogens with zero attached hydrogens (tertiary/aromatic N) is 2. The van der Waals surface area contributed by atoms with E-state index >= 15 is 0 Å². The quantitative estimate of drug-likeness (QED) is 0.746. The summed E-state index contributed by atoms with van der Waals surface area (Å²) in [6, 6.07) is 1.52. The molecule has 0 saturated carbocycles. The third kappa shape index (κ3) is 2.65. The fourth-order valence-electron chi connectivity index (χ4n) is 1.83. The van der Waals surface area contributed by atoms with Gasteiger partial charge in [0.15, 0.2) is 0 Å². The molecule has 1 saturated heterocycles. The van der Waals surface area contributed by atoms with Gasteiger partial charge in [-0.1, -0.05) is 0 Å². The fourth-order valence-corrected chi connectivity index (χ4v) is 1.83. The standard InChI is InChI=1S/C12H16N4O2/c13-7-9-8-15-11(6-10(9)14)12(17)16-2-1-4-18-5-3-16/h6-8,13H,1-5H2,(H2,14,15). The molecule has 0 radical (unpaired) electrons. The third-order valence-electron chi connectivity index (χ3n) is 2.85. The smallest absolute Gasteiger partial charge is 0.272 e. The zero-order chi connectivity index (χ0) is 13.0. The summed E-state index contributed by atoms with van der Waals surface area (Å²) in [6.07, 6.45) is 3.40. The number of nitrogen functional groups attached to an aromatic ring is 1. The van der Waals surface area contributed by atoms with Gasteiger partial charge in [-0.25, -0.2) is 0 Å². The molecule has 1 aliphatic heterocycles. The van der Waals surface area contributed by atoms with Crippen LogP contribution in [-0.4, -0.2) is 48.3 Å². The molecule has 1 aliphatic rings. The summed E-state index contributed by atoms with van der Waals surface area (Å²) in [5.41, 5.74) is 6.98. The molecule has 0 atom stereocenters. The number of hydrogen-bond donors (Lipinski definition) is 2. The van der Waals surface area contributed by atoms with Gasteiger partial charge in [-0.3, -0.25) is 9.78 Å². The number of rotatable bonds is 2. The number of pyridine rings is 1. The second kappa shape index (κ2) is 5.59. The Bertz CT molecular complexity index is 453. The van der Waals surface area contributed by atoms with Gasteiger partial charge in [0.2, 0.25) is 0 Å². The average molecular weight is 248 g/mol. The second-order valence-corrected chi connectivity index (χ2v) is 4.10. The van der Waals surface area contributed by atoms with E-state index in [-0.39, 0.29) is 5.91 Å². The van der Waals surface area contributed by atoms with Crippen molar-refractivity contribution in [2.75, 3.05) is 32.0 Å². The van der Waals surface area contributed by atoms with Crippen LogP contribution < -0.4 is 5.73 Å². The van der Waals surface area contributed by atoms with Gasteiger partial charge in [-0.05, 0) is 12.5 Å². The molecule has 6 heteroatoms. The molecule has 1 aromatic rings. The van der Waals surface area contributed by atoms with E-state index in [1.54, 1.807) is 4.90 Å². The minimum absolute atomic E-state index is 0.135. The van der Waals surface area contributed by atoms with Crippen LogP contribution in [0.5, 0.6) is 0 Å². The van der Waals surface area contributed by atoms with Gasteiger partial charge < -0.3 is 20.8 Å². The summed E-state index contributed by atoms with van der Waals surface area (Å²) >= 11 is 0. The molecule has 3 N–H and O–H groups in total. The first kappa shape index (κ1) is 12.5. The zero-order valence-electron chi connectivity index (χ0n) is 10.1. The predicted molar refractivity (Wildman–Crippen MR) is 67.9 cm³/mol. The molecule has 96 valence electrons. The second-order valence-electron chi connectivity index (χ2n) is 4.10. The molecule has 0 aliphatic carbocycles. The average Bonchev–Trinajstić information content (AvgIpc) is 2.66. The van der Waals surface area contributed by atoms with Crippen LogP contribution in [0, 0.1) is 5.41 Å². The van der Waals surface area contributed by atoms with E-state index in [2.05, 4.69) is 4.98 Å². The Morgan fingerprint density at radius 1 is 1.50 bits per heavy atom. The van der Waals surface area contributed by atoms with Crippen LogP contribution in [0.4, 0.5) is 5.69 Å². The van der Waals surface area contributed by atoms with E-state index in [4.69, 9.17) is 15.9 Å². The molecule has 18 heavy (non-hydrogen) atoms. The number of carbonyl (C=O) groups is 1. The van der Waals surface area contributed by atoms with Gasteiger partial charge in [-0.2, -0.15) is 0 Å². The van der Waals surface area contributed by atoms with Crippen LogP contribution in [0.1, 0.15) is 22.5 Å². The Morgan fingerprint density at radius 2 is 2.33 bits per heavy atom. The molecule has 1 aromatic heterocycles. The van der Waals surface area contributed by atoms with Crippen molar-refractivity contribution < 1.29 is 9.53 Å². The van der Waals surface area contributed by atoms with Gasteiger partial charge in [0.1, 0.15) is 5.69 Å². The lowest BCUT2D eigenvalue weighted by atomic mass is 10.2. The number of anilines is 1. The highest BCUT2D eigenvalue weighted by Crippen LogP contribution is 2.12. The van der Waals surface area contributed by atoms with Crippen molar-refractivity contribution in [2.45, 2.75) is 6.42 Å². The minimum atomic E-state index is -0.135. The Morgan fingerprint density at radius 3 is 3.06 bits per heavy atom. The van der Waals surface area contributed by atoms with Crippen molar-refractivity contribution in [2.24, 2.45) is 0 Å². The van der Waals surface area contributed by atoms with Gasteiger partial charge >= 0.3 is 0 Å². The maximum Gasteiger partial charge on any atom is 0.272 e. The minimum Gasteiger partial charge on any atom is -0.398 e. The van der Waals surface area contributed by atoms with Crippen LogP contribution in [0.2, 0.25) is 0 Å². The van der Waals surface area contributed by atoms with Crippen LogP contribution in [0.25, 0.3) is 0 Å². The third-order valence-corrected chi connectivity index (χ3v) is 2.85. The largest absolute Gasteiger partial charge is 0.398 e. The monoisotopic (exact) mass is 248 g/mol. The summed E-state index contributed by atoms with van der Waals surface area (Å²) in [6.45, 7) is 2.49. The van der Waals surface area contributed by atoms with Crippen LogP contribution in [0.15, 0.2) is 12.3 Å². The number of nitrogens with one attached hydrogen (secondary N) is 1. The van der Waals surface area contributed by atoms with E-state index in [9.17, 15) is 4.79 Å². The molecule has 1 fully saturated rings. The number of nitrogens with two attached hydrogens (primary N) is 1. The molecule has 0 unspecified atom stereocenters. The first-order valence-electron chi connectivity index (χ1n) is 5.85. The molecule has 6 nitrogen and oxygen atoms in total. The highest BCUT2D eigenvalue weighted by atomic mass is 16.5.